The zero-order valence-corrected chi connectivity index (χ0v) is 11.0. The van der Waals surface area contributed by atoms with Crippen molar-refractivity contribution in [2.75, 3.05) is 5.32 Å². The summed E-state index contributed by atoms with van der Waals surface area (Å²) in [6.07, 6.45) is 0.206. The molecule has 0 saturated carbocycles. The van der Waals surface area contributed by atoms with Crippen molar-refractivity contribution in [2.45, 2.75) is 12.3 Å². The second kappa shape index (κ2) is 4.61. The fraction of sp³-hybridized carbons (Fsp3) is 0.154. The lowest BCUT2D eigenvalue weighted by Gasteiger charge is -2.22. The van der Waals surface area contributed by atoms with Crippen LogP contribution in [0.4, 0.5) is 5.69 Å². The van der Waals surface area contributed by atoms with E-state index in [1.807, 2.05) is 0 Å². The zero-order valence-electron chi connectivity index (χ0n) is 10.2. The number of hydrogen-bond acceptors (Lipinski definition) is 5. The van der Waals surface area contributed by atoms with Crippen molar-refractivity contribution in [1.82, 2.24) is 4.37 Å². The summed E-state index contributed by atoms with van der Waals surface area (Å²) < 4.78 is 3.89. The van der Waals surface area contributed by atoms with E-state index in [1.54, 1.807) is 24.3 Å². The lowest BCUT2D eigenvalue weighted by atomic mass is 9.90. The highest BCUT2D eigenvalue weighted by molar-refractivity contribution is 7.06. The van der Waals surface area contributed by atoms with Gasteiger partial charge in [0.1, 0.15) is 5.75 Å². The fourth-order valence-corrected chi connectivity index (χ4v) is 3.23. The molecular formula is C13H10N2O4S. The number of rotatable bonds is 2. The molecule has 20 heavy (non-hydrogen) atoms. The average Bonchev–Trinajstić information content (AvgIpc) is 2.81. The summed E-state index contributed by atoms with van der Waals surface area (Å²) in [5, 5.41) is 21.2. The average molecular weight is 290 g/mol. The summed E-state index contributed by atoms with van der Waals surface area (Å²) in [5.74, 6) is -1.60. The Bertz CT molecular complexity index is 710. The number of nitrogens with zero attached hydrogens (tertiary/aromatic N) is 1. The van der Waals surface area contributed by atoms with Crippen LogP contribution in [0.3, 0.4) is 0 Å². The summed E-state index contributed by atoms with van der Waals surface area (Å²) in [4.78, 5) is 23.6. The number of aromatic hydroxyl groups is 1. The van der Waals surface area contributed by atoms with E-state index in [0.29, 0.717) is 4.88 Å². The van der Waals surface area contributed by atoms with Crippen LogP contribution in [0.5, 0.6) is 5.75 Å². The zero-order chi connectivity index (χ0) is 14.3. The van der Waals surface area contributed by atoms with Crippen molar-refractivity contribution >= 4 is 29.1 Å². The molecule has 1 amide bonds. The van der Waals surface area contributed by atoms with Gasteiger partial charge in [0.05, 0.1) is 10.6 Å². The molecule has 3 rings (SSSR count). The molecule has 6 nitrogen and oxygen atoms in total. The Morgan fingerprint density at radius 1 is 1.45 bits per heavy atom. The molecule has 3 N–H and O–H groups in total. The van der Waals surface area contributed by atoms with Gasteiger partial charge in [-0.25, -0.2) is 4.79 Å². The molecule has 0 fully saturated rings. The van der Waals surface area contributed by atoms with E-state index < -0.39 is 5.97 Å². The van der Waals surface area contributed by atoms with E-state index >= 15 is 0 Å². The van der Waals surface area contributed by atoms with Crippen molar-refractivity contribution in [3.05, 3.63) is 40.4 Å². The predicted molar refractivity (Wildman–Crippen MR) is 72.3 cm³/mol. The standard InChI is InChI=1S/C13H10N2O4S/c16-7-3-1-2-6(4-7)8-5-9(17)14-10-11(13(18)19)15-20-12(8)10/h1-4,8,16H,5H2,(H,14,17)(H,18,19)/t8-/m0/s1. The lowest BCUT2D eigenvalue weighted by molar-refractivity contribution is -0.116. The SMILES string of the molecule is O=C1C[C@@H](c2cccc(O)c2)c2snc(C(=O)O)c2N1. The second-order valence-electron chi connectivity index (χ2n) is 4.48. The third-order valence-electron chi connectivity index (χ3n) is 3.16. The van der Waals surface area contributed by atoms with Gasteiger partial charge < -0.3 is 15.5 Å². The molecule has 1 atom stereocenters. The van der Waals surface area contributed by atoms with Crippen molar-refractivity contribution in [2.24, 2.45) is 0 Å². The van der Waals surface area contributed by atoms with Gasteiger partial charge in [0.15, 0.2) is 5.69 Å². The number of phenols is 1. The molecule has 1 aromatic carbocycles. The Morgan fingerprint density at radius 2 is 2.25 bits per heavy atom. The highest BCUT2D eigenvalue weighted by Crippen LogP contribution is 2.42. The number of anilines is 1. The molecule has 2 aromatic rings. The van der Waals surface area contributed by atoms with Crippen LogP contribution in [0.25, 0.3) is 0 Å². The first-order valence-corrected chi connectivity index (χ1v) is 6.65. The third kappa shape index (κ3) is 2.01. The van der Waals surface area contributed by atoms with Crippen LogP contribution in [0.1, 0.15) is 33.3 Å². The monoisotopic (exact) mass is 290 g/mol. The summed E-state index contributed by atoms with van der Waals surface area (Å²) in [5.41, 5.74) is 0.900. The third-order valence-corrected chi connectivity index (χ3v) is 4.12. The van der Waals surface area contributed by atoms with Crippen LogP contribution in [0.15, 0.2) is 24.3 Å². The van der Waals surface area contributed by atoms with Crippen molar-refractivity contribution < 1.29 is 19.8 Å². The fourth-order valence-electron chi connectivity index (χ4n) is 2.29. The van der Waals surface area contributed by atoms with Gasteiger partial charge >= 0.3 is 5.97 Å². The number of carbonyl (C=O) groups is 2. The van der Waals surface area contributed by atoms with E-state index in [2.05, 4.69) is 9.69 Å². The Balaban J connectivity index is 2.11. The number of benzene rings is 1. The minimum absolute atomic E-state index is 0.109. The van der Waals surface area contributed by atoms with Crippen LogP contribution in [-0.2, 0) is 4.79 Å². The predicted octanol–water partition coefficient (Wildman–Crippen LogP) is 2.02. The number of fused-ring (bicyclic) bond motifs is 1. The molecule has 1 aromatic heterocycles. The van der Waals surface area contributed by atoms with Gasteiger partial charge in [0, 0.05) is 12.3 Å². The topological polar surface area (TPSA) is 99.5 Å². The van der Waals surface area contributed by atoms with Crippen LogP contribution in [-0.4, -0.2) is 26.5 Å². The Kier molecular flexibility index (Phi) is 2.90. The Labute approximate surface area is 117 Å². The largest absolute Gasteiger partial charge is 0.508 e. The highest BCUT2D eigenvalue weighted by atomic mass is 32.1. The highest BCUT2D eigenvalue weighted by Gasteiger charge is 2.33. The molecule has 7 heteroatoms. The summed E-state index contributed by atoms with van der Waals surface area (Å²) in [6.45, 7) is 0. The van der Waals surface area contributed by atoms with Gasteiger partial charge in [-0.3, -0.25) is 4.79 Å². The van der Waals surface area contributed by atoms with Gasteiger partial charge in [-0.2, -0.15) is 4.37 Å². The first kappa shape index (κ1) is 12.6. The van der Waals surface area contributed by atoms with Crippen molar-refractivity contribution in [3.63, 3.8) is 0 Å². The lowest BCUT2D eigenvalue weighted by Crippen LogP contribution is -2.23. The normalized spacial score (nSPS) is 17.4. The number of carboxylic acid groups (broad SMARTS) is 1. The minimum atomic E-state index is -1.17. The maximum Gasteiger partial charge on any atom is 0.357 e. The molecule has 0 unspecified atom stereocenters. The van der Waals surface area contributed by atoms with E-state index in [9.17, 15) is 14.7 Å². The van der Waals surface area contributed by atoms with E-state index in [4.69, 9.17) is 5.11 Å². The number of amides is 1. The maximum atomic E-state index is 11.8. The molecule has 102 valence electrons. The maximum absolute atomic E-state index is 11.8. The molecule has 1 aliphatic rings. The first-order chi connectivity index (χ1) is 9.56. The molecule has 1 aliphatic heterocycles. The Morgan fingerprint density at radius 3 is 2.95 bits per heavy atom. The summed E-state index contributed by atoms with van der Waals surface area (Å²) in [6, 6.07) is 6.61. The molecular weight excluding hydrogens is 280 g/mol. The van der Waals surface area contributed by atoms with E-state index in [-0.39, 0.29) is 35.4 Å². The number of carbonyl (C=O) groups excluding carboxylic acids is 1. The van der Waals surface area contributed by atoms with Crippen LogP contribution in [0, 0.1) is 0 Å². The molecule has 0 radical (unpaired) electrons. The number of aromatic carboxylic acids is 1. The second-order valence-corrected chi connectivity index (χ2v) is 5.28. The number of nitrogens with one attached hydrogen (secondary N) is 1. The van der Waals surface area contributed by atoms with Crippen LogP contribution < -0.4 is 5.32 Å². The van der Waals surface area contributed by atoms with Crippen molar-refractivity contribution in [1.29, 1.82) is 0 Å². The summed E-state index contributed by atoms with van der Waals surface area (Å²) >= 11 is 1.06. The van der Waals surface area contributed by atoms with E-state index in [1.165, 1.54) is 0 Å². The molecule has 0 saturated heterocycles. The smallest absolute Gasteiger partial charge is 0.357 e. The molecule has 2 heterocycles. The van der Waals surface area contributed by atoms with Gasteiger partial charge in [-0.15, -0.1) is 0 Å². The van der Waals surface area contributed by atoms with Gasteiger partial charge in [-0.05, 0) is 29.2 Å². The first-order valence-electron chi connectivity index (χ1n) is 5.88. The number of carboxylic acids is 1. The molecule has 0 spiro atoms. The van der Waals surface area contributed by atoms with Crippen LogP contribution >= 0.6 is 11.5 Å². The van der Waals surface area contributed by atoms with E-state index in [0.717, 1.165) is 17.1 Å². The minimum Gasteiger partial charge on any atom is -0.508 e. The quantitative estimate of drug-likeness (QED) is 0.785. The van der Waals surface area contributed by atoms with Gasteiger partial charge in [-0.1, -0.05) is 12.1 Å². The number of hydrogen-bond donors (Lipinski definition) is 3. The van der Waals surface area contributed by atoms with Gasteiger partial charge in [0.25, 0.3) is 0 Å². The number of phenolic OH excluding ortho intramolecular Hbond substituents is 1. The van der Waals surface area contributed by atoms with Crippen LogP contribution in [0.2, 0.25) is 0 Å². The van der Waals surface area contributed by atoms with Crippen molar-refractivity contribution in [3.8, 4) is 5.75 Å². The number of aromatic nitrogens is 1. The Hall–Kier alpha value is -2.41. The molecule has 0 bridgehead atoms. The summed E-state index contributed by atoms with van der Waals surface area (Å²) in [7, 11) is 0. The van der Waals surface area contributed by atoms with Gasteiger partial charge in [0.2, 0.25) is 5.91 Å². The molecule has 0 aliphatic carbocycles.